The monoisotopic (exact) mass is 560 g/mol. The second kappa shape index (κ2) is 12.0. The molecule has 3 aromatic rings. The molecule has 0 aromatic heterocycles. The van der Waals surface area contributed by atoms with Crippen LogP contribution in [-0.4, -0.2) is 38.7 Å². The van der Waals surface area contributed by atoms with Crippen molar-refractivity contribution in [2.45, 2.75) is 19.3 Å². The van der Waals surface area contributed by atoms with Crippen LogP contribution in [-0.2, 0) is 5.41 Å². The molecule has 0 atom stereocenters. The molecule has 0 saturated heterocycles. The summed E-state index contributed by atoms with van der Waals surface area (Å²) in [5.74, 6) is 1.73. The standard InChI is InChI=1S/C33H33N2O.BF4/c1-33(2)29-15-9-10-16-30(29)35(5)32(33)23-27-22-25(28-14-8-11-17-31(28)36-27)13-7-6-12-24-18-20-26(21-19-24)34(3)4;2-1(3,4)5/h6-23H,1-5H3;/q+1;-1. The van der Waals surface area contributed by atoms with Gasteiger partial charge in [0.1, 0.15) is 18.6 Å². The summed E-state index contributed by atoms with van der Waals surface area (Å²) >= 11 is 0. The number of hydrogen-bond donors (Lipinski definition) is 0. The van der Waals surface area contributed by atoms with Crippen molar-refractivity contribution in [2.75, 3.05) is 26.0 Å². The van der Waals surface area contributed by atoms with E-state index in [1.807, 2.05) is 12.1 Å². The van der Waals surface area contributed by atoms with Crippen molar-refractivity contribution < 1.29 is 26.6 Å². The third-order valence-electron chi connectivity index (χ3n) is 7.03. The number of anilines is 1. The van der Waals surface area contributed by atoms with Crippen molar-refractivity contribution in [1.29, 1.82) is 0 Å². The van der Waals surface area contributed by atoms with Gasteiger partial charge in [-0.3, -0.25) is 0 Å². The van der Waals surface area contributed by atoms with E-state index in [0.29, 0.717) is 0 Å². The second-order valence-electron chi connectivity index (χ2n) is 10.5. The highest BCUT2D eigenvalue weighted by Crippen LogP contribution is 2.40. The van der Waals surface area contributed by atoms with Crippen LogP contribution in [0.15, 0.2) is 109 Å². The minimum atomic E-state index is -6.00. The summed E-state index contributed by atoms with van der Waals surface area (Å²) in [7, 11) is 0.245. The van der Waals surface area contributed by atoms with Crippen LogP contribution in [0, 0.1) is 0 Å². The van der Waals surface area contributed by atoms with Crippen LogP contribution in [0.25, 0.3) is 11.6 Å². The van der Waals surface area contributed by atoms with Gasteiger partial charge in [0, 0.05) is 43.1 Å². The van der Waals surface area contributed by atoms with Gasteiger partial charge in [0.25, 0.3) is 0 Å². The van der Waals surface area contributed by atoms with Gasteiger partial charge in [-0.05, 0) is 49.3 Å². The molecule has 212 valence electrons. The van der Waals surface area contributed by atoms with Gasteiger partial charge in [0.05, 0.1) is 5.41 Å². The zero-order chi connectivity index (χ0) is 29.8. The summed E-state index contributed by atoms with van der Waals surface area (Å²) in [6, 6.07) is 25.4. The summed E-state index contributed by atoms with van der Waals surface area (Å²) in [5, 5.41) is 0. The molecule has 2 heterocycles. The van der Waals surface area contributed by atoms with Gasteiger partial charge in [0.2, 0.25) is 5.69 Å². The maximum Gasteiger partial charge on any atom is 0.673 e. The highest BCUT2D eigenvalue weighted by atomic mass is 19.5. The van der Waals surface area contributed by atoms with E-state index in [0.717, 1.165) is 22.6 Å². The Labute approximate surface area is 239 Å². The van der Waals surface area contributed by atoms with Crippen LogP contribution in [0.5, 0.6) is 5.75 Å². The molecule has 5 rings (SSSR count). The minimum absolute atomic E-state index is 0.104. The SMILES string of the molecule is CN(C)c1ccc(C=CC=CC2=CC(=CC3=[N+](C)c4ccccc4C3(C)C)Oc3ccccc32)cc1.F[B-](F)(F)F. The Morgan fingerprint density at radius 2 is 1.44 bits per heavy atom. The third kappa shape index (κ3) is 7.25. The van der Waals surface area contributed by atoms with Crippen LogP contribution >= 0.6 is 0 Å². The first kappa shape index (κ1) is 29.7. The molecule has 0 fully saturated rings. The molecule has 41 heavy (non-hydrogen) atoms. The molecule has 0 bridgehead atoms. The Bertz CT molecular complexity index is 1560. The molecule has 2 aliphatic heterocycles. The van der Waals surface area contributed by atoms with Crippen molar-refractivity contribution in [2.24, 2.45) is 0 Å². The number of hydrogen-bond acceptors (Lipinski definition) is 2. The van der Waals surface area contributed by atoms with Gasteiger partial charge < -0.3 is 26.9 Å². The quantitative estimate of drug-likeness (QED) is 0.134. The van der Waals surface area contributed by atoms with E-state index in [1.165, 1.54) is 28.2 Å². The average Bonchev–Trinajstić information content (AvgIpc) is 3.11. The smallest absolute Gasteiger partial charge is 0.456 e. The summed E-state index contributed by atoms with van der Waals surface area (Å²) < 4.78 is 47.6. The normalized spacial score (nSPS) is 16.7. The average molecular weight is 560 g/mol. The Kier molecular flexibility index (Phi) is 8.71. The van der Waals surface area contributed by atoms with Gasteiger partial charge in [-0.15, -0.1) is 0 Å². The van der Waals surface area contributed by atoms with Crippen molar-refractivity contribution in [3.8, 4) is 5.75 Å². The van der Waals surface area contributed by atoms with E-state index < -0.39 is 7.25 Å². The number of benzene rings is 3. The molecule has 0 N–H and O–H groups in total. The molecule has 0 aliphatic carbocycles. The number of nitrogens with zero attached hydrogens (tertiary/aromatic N) is 2. The fourth-order valence-electron chi connectivity index (χ4n) is 4.99. The molecule has 0 unspecified atom stereocenters. The van der Waals surface area contributed by atoms with Crippen LogP contribution in [0.4, 0.5) is 28.6 Å². The number of ether oxygens (including phenoxy) is 1. The zero-order valence-electron chi connectivity index (χ0n) is 23.8. The van der Waals surface area contributed by atoms with E-state index in [4.69, 9.17) is 4.74 Å². The molecule has 3 nitrogen and oxygen atoms in total. The summed E-state index contributed by atoms with van der Waals surface area (Å²) in [5.41, 5.74) is 8.31. The molecular formula is C33H33BF4N2O. The van der Waals surface area contributed by atoms with Crippen molar-refractivity contribution in [1.82, 2.24) is 0 Å². The van der Waals surface area contributed by atoms with Crippen molar-refractivity contribution >= 4 is 36.0 Å². The van der Waals surface area contributed by atoms with E-state index in [9.17, 15) is 17.3 Å². The lowest BCUT2D eigenvalue weighted by Crippen LogP contribution is -2.27. The first-order chi connectivity index (χ1) is 19.3. The lowest BCUT2D eigenvalue weighted by atomic mass is 9.81. The minimum Gasteiger partial charge on any atom is -0.456 e. The Hall–Kier alpha value is -4.33. The molecule has 0 radical (unpaired) electrons. The van der Waals surface area contributed by atoms with Gasteiger partial charge in [-0.25, -0.2) is 0 Å². The number of allylic oxidation sites excluding steroid dienone is 6. The van der Waals surface area contributed by atoms with E-state index in [2.05, 4.69) is 142 Å². The Morgan fingerprint density at radius 1 is 0.829 bits per heavy atom. The van der Waals surface area contributed by atoms with E-state index in [-0.39, 0.29) is 5.41 Å². The lowest BCUT2D eigenvalue weighted by molar-refractivity contribution is -0.401. The van der Waals surface area contributed by atoms with E-state index >= 15 is 0 Å². The summed E-state index contributed by atoms with van der Waals surface area (Å²) in [4.78, 5) is 2.11. The topological polar surface area (TPSA) is 15.5 Å². The molecule has 8 heteroatoms. The highest BCUT2D eigenvalue weighted by molar-refractivity contribution is 6.50. The number of fused-ring (bicyclic) bond motifs is 2. The molecular weight excluding hydrogens is 527 g/mol. The second-order valence-corrected chi connectivity index (χ2v) is 10.5. The summed E-state index contributed by atoms with van der Waals surface area (Å²) in [6.45, 7) is 4.55. The van der Waals surface area contributed by atoms with Crippen LogP contribution in [0.3, 0.4) is 0 Å². The first-order valence-corrected chi connectivity index (χ1v) is 13.3. The first-order valence-electron chi connectivity index (χ1n) is 13.3. The van der Waals surface area contributed by atoms with Crippen LogP contribution < -0.4 is 9.64 Å². The van der Waals surface area contributed by atoms with Crippen LogP contribution in [0.2, 0.25) is 0 Å². The van der Waals surface area contributed by atoms with Gasteiger partial charge >= 0.3 is 7.25 Å². The Balaban J connectivity index is 0.000000714. The molecule has 3 aromatic carbocycles. The maximum absolute atomic E-state index is 9.75. The predicted molar refractivity (Wildman–Crippen MR) is 163 cm³/mol. The van der Waals surface area contributed by atoms with Crippen LogP contribution in [0.1, 0.15) is 30.5 Å². The fourth-order valence-corrected chi connectivity index (χ4v) is 4.99. The zero-order valence-corrected chi connectivity index (χ0v) is 23.8. The van der Waals surface area contributed by atoms with Crippen molar-refractivity contribution in [3.05, 3.63) is 126 Å². The van der Waals surface area contributed by atoms with Crippen molar-refractivity contribution in [3.63, 3.8) is 0 Å². The predicted octanol–water partition coefficient (Wildman–Crippen LogP) is 8.69. The molecule has 0 amide bonds. The van der Waals surface area contributed by atoms with Gasteiger partial charge in [0.15, 0.2) is 5.71 Å². The van der Waals surface area contributed by atoms with Gasteiger partial charge in [-0.2, -0.15) is 4.58 Å². The molecule has 0 saturated carbocycles. The third-order valence-corrected chi connectivity index (χ3v) is 7.03. The number of para-hydroxylation sites is 2. The highest BCUT2D eigenvalue weighted by Gasteiger charge is 2.43. The molecule has 0 spiro atoms. The van der Waals surface area contributed by atoms with Gasteiger partial charge in [-0.1, -0.05) is 72.8 Å². The molecule has 2 aliphatic rings. The maximum atomic E-state index is 9.75. The number of rotatable bonds is 5. The lowest BCUT2D eigenvalue weighted by Gasteiger charge is -2.20. The van der Waals surface area contributed by atoms with E-state index in [1.54, 1.807) is 0 Å². The summed E-state index contributed by atoms with van der Waals surface area (Å²) in [6.07, 6.45) is 12.8. The largest absolute Gasteiger partial charge is 0.673 e. The fraction of sp³-hybridized carbons (Fsp3) is 0.182. The number of halogens is 4. The Morgan fingerprint density at radius 3 is 2.10 bits per heavy atom.